The smallest absolute Gasteiger partial charge is 0.339 e. The zero-order valence-corrected chi connectivity index (χ0v) is 12.1. The molecule has 0 aliphatic carbocycles. The average molecular weight is 293 g/mol. The van der Waals surface area contributed by atoms with Crippen LogP contribution >= 0.6 is 0 Å². The number of aromatic carboxylic acids is 1. The minimum absolute atomic E-state index is 0.0943. The Hall–Kier alpha value is -2.15. The number of rotatable bonds is 4. The molecule has 2 heterocycles. The van der Waals surface area contributed by atoms with Crippen molar-refractivity contribution in [1.29, 1.82) is 0 Å². The van der Waals surface area contributed by atoms with Crippen LogP contribution in [-0.4, -0.2) is 54.3 Å². The van der Waals surface area contributed by atoms with E-state index in [1.807, 2.05) is 6.92 Å². The zero-order valence-electron chi connectivity index (χ0n) is 12.1. The molecule has 0 aromatic carbocycles. The summed E-state index contributed by atoms with van der Waals surface area (Å²) in [5.41, 5.74) is 1.31. The van der Waals surface area contributed by atoms with Crippen molar-refractivity contribution >= 4 is 17.6 Å². The van der Waals surface area contributed by atoms with E-state index in [-0.39, 0.29) is 18.1 Å². The van der Waals surface area contributed by atoms with Gasteiger partial charge < -0.3 is 20.1 Å². The zero-order chi connectivity index (χ0) is 15.4. The third kappa shape index (κ3) is 3.30. The fraction of sp³-hybridized carbons (Fsp3) is 0.500. The van der Waals surface area contributed by atoms with Gasteiger partial charge in [-0.05, 0) is 19.9 Å². The molecule has 0 saturated carbocycles. The van der Waals surface area contributed by atoms with E-state index in [0.29, 0.717) is 31.1 Å². The van der Waals surface area contributed by atoms with Gasteiger partial charge in [0.1, 0.15) is 11.6 Å². The Morgan fingerprint density at radius 2 is 2.33 bits per heavy atom. The minimum Gasteiger partial charge on any atom is -0.478 e. The van der Waals surface area contributed by atoms with E-state index in [4.69, 9.17) is 4.74 Å². The molecule has 1 unspecified atom stereocenters. The number of hydrogen-bond acceptors (Lipinski definition) is 5. The number of hydrogen-bond donors (Lipinski definition) is 2. The maximum Gasteiger partial charge on any atom is 0.339 e. The van der Waals surface area contributed by atoms with Gasteiger partial charge in [0, 0.05) is 25.0 Å². The number of amides is 1. The Labute approximate surface area is 122 Å². The van der Waals surface area contributed by atoms with Crippen LogP contribution in [0.3, 0.4) is 0 Å². The van der Waals surface area contributed by atoms with Crippen molar-refractivity contribution in [2.24, 2.45) is 0 Å². The van der Waals surface area contributed by atoms with Crippen LogP contribution in [0.4, 0.5) is 5.69 Å². The van der Waals surface area contributed by atoms with Crippen molar-refractivity contribution in [2.45, 2.75) is 19.9 Å². The molecule has 114 valence electrons. The lowest BCUT2D eigenvalue weighted by Gasteiger charge is -2.37. The molecule has 1 saturated heterocycles. The van der Waals surface area contributed by atoms with Crippen LogP contribution in [0.5, 0.6) is 0 Å². The lowest BCUT2D eigenvalue weighted by molar-refractivity contribution is -0.124. The van der Waals surface area contributed by atoms with E-state index >= 15 is 0 Å². The van der Waals surface area contributed by atoms with Crippen LogP contribution in [0, 0.1) is 6.92 Å². The van der Waals surface area contributed by atoms with Gasteiger partial charge in [-0.25, -0.2) is 4.79 Å². The number of ether oxygens (including phenoxy) is 1. The number of carboxylic acid groups (broad SMARTS) is 1. The molecule has 1 amide bonds. The average Bonchev–Trinajstić information content (AvgIpc) is 2.47. The molecule has 1 aromatic rings. The number of carbonyl (C=O) groups is 2. The highest BCUT2D eigenvalue weighted by Crippen LogP contribution is 2.25. The number of nitrogens with one attached hydrogen (secondary N) is 1. The van der Waals surface area contributed by atoms with Gasteiger partial charge in [0.25, 0.3) is 0 Å². The largest absolute Gasteiger partial charge is 0.478 e. The molecule has 1 aliphatic rings. The van der Waals surface area contributed by atoms with Gasteiger partial charge in [-0.3, -0.25) is 9.78 Å². The Kier molecular flexibility index (Phi) is 4.74. The van der Waals surface area contributed by atoms with E-state index < -0.39 is 12.0 Å². The number of nitrogens with zero attached hydrogens (tertiary/aromatic N) is 2. The topological polar surface area (TPSA) is 91.8 Å². The Morgan fingerprint density at radius 1 is 1.57 bits per heavy atom. The van der Waals surface area contributed by atoms with Crippen molar-refractivity contribution in [3.63, 3.8) is 0 Å². The fourth-order valence-electron chi connectivity index (χ4n) is 2.35. The summed E-state index contributed by atoms with van der Waals surface area (Å²) in [5.74, 6) is -1.22. The molecule has 7 heteroatoms. The quantitative estimate of drug-likeness (QED) is 0.836. The number of pyridine rings is 1. The molecule has 1 aliphatic heterocycles. The van der Waals surface area contributed by atoms with E-state index in [9.17, 15) is 14.7 Å². The van der Waals surface area contributed by atoms with Crippen molar-refractivity contribution in [3.05, 3.63) is 23.5 Å². The van der Waals surface area contributed by atoms with Gasteiger partial charge in [-0.1, -0.05) is 0 Å². The molecule has 7 nitrogen and oxygen atoms in total. The monoisotopic (exact) mass is 293 g/mol. The summed E-state index contributed by atoms with van der Waals surface area (Å²) in [6, 6.07) is 1.17. The van der Waals surface area contributed by atoms with E-state index in [0.717, 1.165) is 0 Å². The summed E-state index contributed by atoms with van der Waals surface area (Å²) >= 11 is 0. The molecule has 21 heavy (non-hydrogen) atoms. The highest BCUT2D eigenvalue weighted by Gasteiger charge is 2.31. The second-order valence-corrected chi connectivity index (χ2v) is 4.83. The Morgan fingerprint density at radius 3 is 3.00 bits per heavy atom. The number of carboxylic acids is 1. The summed E-state index contributed by atoms with van der Waals surface area (Å²) in [4.78, 5) is 29.3. The number of anilines is 1. The highest BCUT2D eigenvalue weighted by atomic mass is 16.5. The normalized spacial score (nSPS) is 18.4. The standard InChI is InChI=1S/C14H19N3O4/c1-3-15-13(18)12-8-21-5-4-17(12)11-6-9(2)16-7-10(11)14(19)20/h6-7,12H,3-5,8H2,1-2H3,(H,15,18)(H,19,20). The van der Waals surface area contributed by atoms with Gasteiger partial charge in [0.2, 0.25) is 5.91 Å². The second kappa shape index (κ2) is 6.53. The number of likely N-dealkylation sites (N-methyl/N-ethyl adjacent to an activating group) is 1. The summed E-state index contributed by atoms with van der Waals surface area (Å²) in [6.45, 7) is 5.31. The molecule has 0 bridgehead atoms. The van der Waals surface area contributed by atoms with Crippen LogP contribution < -0.4 is 10.2 Å². The molecule has 2 N–H and O–H groups in total. The predicted molar refractivity (Wildman–Crippen MR) is 76.6 cm³/mol. The van der Waals surface area contributed by atoms with Gasteiger partial charge in [0.05, 0.1) is 18.9 Å². The van der Waals surface area contributed by atoms with Crippen LogP contribution in [-0.2, 0) is 9.53 Å². The van der Waals surface area contributed by atoms with Crippen LogP contribution in [0.1, 0.15) is 23.0 Å². The Balaban J connectivity index is 2.39. The van der Waals surface area contributed by atoms with Crippen molar-refractivity contribution in [1.82, 2.24) is 10.3 Å². The summed E-state index contributed by atoms with van der Waals surface area (Å²) < 4.78 is 5.37. The van der Waals surface area contributed by atoms with Crippen LogP contribution in [0.15, 0.2) is 12.3 Å². The van der Waals surface area contributed by atoms with Crippen LogP contribution in [0.2, 0.25) is 0 Å². The SMILES string of the molecule is CCNC(=O)C1COCCN1c1cc(C)ncc1C(=O)O. The van der Waals surface area contributed by atoms with Gasteiger partial charge >= 0.3 is 5.97 Å². The first-order chi connectivity index (χ1) is 10.0. The molecule has 1 aromatic heterocycles. The van der Waals surface area contributed by atoms with Gasteiger partial charge in [-0.15, -0.1) is 0 Å². The molecule has 0 spiro atoms. The maximum absolute atomic E-state index is 12.2. The van der Waals surface area contributed by atoms with Crippen molar-refractivity contribution < 1.29 is 19.4 Å². The molecule has 1 atom stereocenters. The molecular weight excluding hydrogens is 274 g/mol. The van der Waals surface area contributed by atoms with Crippen molar-refractivity contribution in [2.75, 3.05) is 31.2 Å². The molecular formula is C14H19N3O4. The van der Waals surface area contributed by atoms with E-state index in [2.05, 4.69) is 10.3 Å². The Bertz CT molecular complexity index is 547. The first kappa shape index (κ1) is 15.2. The van der Waals surface area contributed by atoms with E-state index in [1.165, 1.54) is 6.20 Å². The summed E-state index contributed by atoms with van der Waals surface area (Å²) in [5, 5.41) is 12.1. The summed E-state index contributed by atoms with van der Waals surface area (Å²) in [6.07, 6.45) is 1.33. The highest BCUT2D eigenvalue weighted by molar-refractivity contribution is 5.96. The molecule has 0 radical (unpaired) electrons. The van der Waals surface area contributed by atoms with Crippen molar-refractivity contribution in [3.8, 4) is 0 Å². The number of morpholine rings is 1. The number of aromatic nitrogens is 1. The number of carbonyl (C=O) groups excluding carboxylic acids is 1. The first-order valence-electron chi connectivity index (χ1n) is 6.86. The predicted octanol–water partition coefficient (Wildman–Crippen LogP) is 0.430. The maximum atomic E-state index is 12.2. The lowest BCUT2D eigenvalue weighted by atomic mass is 10.1. The number of aryl methyl sites for hydroxylation is 1. The van der Waals surface area contributed by atoms with Gasteiger partial charge in [-0.2, -0.15) is 0 Å². The lowest BCUT2D eigenvalue weighted by Crippen LogP contribution is -2.54. The van der Waals surface area contributed by atoms with Crippen LogP contribution in [0.25, 0.3) is 0 Å². The third-order valence-electron chi connectivity index (χ3n) is 3.34. The third-order valence-corrected chi connectivity index (χ3v) is 3.34. The minimum atomic E-state index is -1.06. The molecule has 2 rings (SSSR count). The first-order valence-corrected chi connectivity index (χ1v) is 6.86. The molecule has 1 fully saturated rings. The summed E-state index contributed by atoms with van der Waals surface area (Å²) in [7, 11) is 0. The van der Waals surface area contributed by atoms with Gasteiger partial charge in [0.15, 0.2) is 0 Å². The van der Waals surface area contributed by atoms with E-state index in [1.54, 1.807) is 17.9 Å². The second-order valence-electron chi connectivity index (χ2n) is 4.83. The fourth-order valence-corrected chi connectivity index (χ4v) is 2.35.